The van der Waals surface area contributed by atoms with Crippen molar-refractivity contribution in [2.45, 2.75) is 12.8 Å². The Morgan fingerprint density at radius 2 is 2.06 bits per heavy atom. The zero-order chi connectivity index (χ0) is 13.3. The molecule has 4 nitrogen and oxygen atoms in total. The van der Waals surface area contributed by atoms with Crippen molar-refractivity contribution in [3.05, 3.63) is 39.9 Å². The van der Waals surface area contributed by atoms with E-state index in [0.29, 0.717) is 16.5 Å². The number of carboxylic acids is 1. The molecular formula is C12H10ClNO3S. The van der Waals surface area contributed by atoms with E-state index in [9.17, 15) is 4.79 Å². The Hall–Kier alpha value is -1.59. The molecule has 0 aliphatic heterocycles. The number of carboxylic acid groups (broad SMARTS) is 1. The number of aromatic amines is 1. The second-order valence-electron chi connectivity index (χ2n) is 3.82. The lowest BCUT2D eigenvalue weighted by atomic mass is 10.0. The Labute approximate surface area is 113 Å². The fourth-order valence-electron chi connectivity index (χ4n) is 1.59. The van der Waals surface area contributed by atoms with Gasteiger partial charge in [0, 0.05) is 10.6 Å². The summed E-state index contributed by atoms with van der Waals surface area (Å²) in [4.78, 5) is 14.0. The summed E-state index contributed by atoms with van der Waals surface area (Å²) in [5, 5.41) is 9.64. The highest BCUT2D eigenvalue weighted by atomic mass is 35.5. The van der Waals surface area contributed by atoms with E-state index in [-0.39, 0.29) is 4.84 Å². The van der Waals surface area contributed by atoms with Gasteiger partial charge in [-0.15, -0.1) is 0 Å². The predicted octanol–water partition coefficient (Wildman–Crippen LogP) is 3.85. The minimum Gasteiger partial charge on any atom is -0.481 e. The Morgan fingerprint density at radius 1 is 1.44 bits per heavy atom. The molecule has 0 bridgehead atoms. The molecule has 1 aromatic heterocycles. The van der Waals surface area contributed by atoms with Crippen LogP contribution in [-0.2, 0) is 4.79 Å². The number of benzene rings is 1. The van der Waals surface area contributed by atoms with E-state index >= 15 is 0 Å². The molecule has 2 rings (SSSR count). The Morgan fingerprint density at radius 3 is 2.61 bits per heavy atom. The number of aromatic nitrogens is 1. The van der Waals surface area contributed by atoms with Gasteiger partial charge >= 0.3 is 5.97 Å². The van der Waals surface area contributed by atoms with Gasteiger partial charge in [0.05, 0.1) is 5.69 Å². The van der Waals surface area contributed by atoms with E-state index in [0.717, 1.165) is 5.56 Å². The topological polar surface area (TPSA) is 66.2 Å². The Bertz CT molecular complexity index is 630. The maximum absolute atomic E-state index is 11.0. The first-order valence-electron chi connectivity index (χ1n) is 5.21. The van der Waals surface area contributed by atoms with Crippen LogP contribution in [0.15, 0.2) is 28.7 Å². The average molecular weight is 284 g/mol. The highest BCUT2D eigenvalue weighted by molar-refractivity contribution is 7.71. The monoisotopic (exact) mass is 283 g/mol. The van der Waals surface area contributed by atoms with Gasteiger partial charge in [-0.2, -0.15) is 0 Å². The third-order valence-corrected chi connectivity index (χ3v) is 3.01. The second-order valence-corrected chi connectivity index (χ2v) is 4.63. The van der Waals surface area contributed by atoms with Gasteiger partial charge < -0.3 is 14.5 Å². The maximum atomic E-state index is 11.0. The zero-order valence-electron chi connectivity index (χ0n) is 9.44. The summed E-state index contributed by atoms with van der Waals surface area (Å²) >= 11 is 10.7. The lowest BCUT2D eigenvalue weighted by Gasteiger charge is -2.05. The third kappa shape index (κ3) is 2.47. The van der Waals surface area contributed by atoms with E-state index in [1.807, 2.05) is 0 Å². The van der Waals surface area contributed by atoms with Crippen LogP contribution in [0.5, 0.6) is 0 Å². The highest BCUT2D eigenvalue weighted by Gasteiger charge is 2.23. The molecule has 94 valence electrons. The summed E-state index contributed by atoms with van der Waals surface area (Å²) in [5.41, 5.74) is 1.36. The Balaban J connectivity index is 2.54. The van der Waals surface area contributed by atoms with Crippen LogP contribution in [0.2, 0.25) is 5.02 Å². The number of aliphatic carboxylic acids is 1. The fraction of sp³-hybridized carbons (Fsp3) is 0.167. The smallest absolute Gasteiger partial charge is 0.314 e. The predicted molar refractivity (Wildman–Crippen MR) is 70.4 cm³/mol. The van der Waals surface area contributed by atoms with E-state index in [1.165, 1.54) is 0 Å². The summed E-state index contributed by atoms with van der Waals surface area (Å²) in [6.45, 7) is 1.54. The molecule has 1 aromatic carbocycles. The summed E-state index contributed by atoms with van der Waals surface area (Å²) in [6.07, 6.45) is 0. The molecule has 0 aliphatic rings. The van der Waals surface area contributed by atoms with Crippen molar-refractivity contribution in [2.24, 2.45) is 0 Å². The van der Waals surface area contributed by atoms with Gasteiger partial charge in [0.2, 0.25) is 0 Å². The molecule has 1 unspecified atom stereocenters. The van der Waals surface area contributed by atoms with Gasteiger partial charge in [-0.25, -0.2) is 0 Å². The highest BCUT2D eigenvalue weighted by Crippen LogP contribution is 2.29. The lowest BCUT2D eigenvalue weighted by molar-refractivity contribution is -0.138. The molecule has 1 heterocycles. The number of nitrogens with one attached hydrogen (secondary N) is 1. The largest absolute Gasteiger partial charge is 0.481 e. The first kappa shape index (κ1) is 12.9. The normalized spacial score (nSPS) is 12.3. The first-order chi connectivity index (χ1) is 8.49. The number of hydrogen-bond donors (Lipinski definition) is 2. The molecule has 0 saturated carbocycles. The molecule has 0 spiro atoms. The van der Waals surface area contributed by atoms with Gasteiger partial charge in [0.15, 0.2) is 0 Å². The van der Waals surface area contributed by atoms with Crippen LogP contribution in [0, 0.1) is 4.84 Å². The molecule has 0 saturated heterocycles. The van der Waals surface area contributed by atoms with Gasteiger partial charge in [-0.05, 0) is 31.3 Å². The van der Waals surface area contributed by atoms with E-state index in [2.05, 4.69) is 4.98 Å². The fourth-order valence-corrected chi connectivity index (χ4v) is 1.91. The molecule has 0 amide bonds. The number of H-pyrrole nitrogens is 1. The molecule has 2 aromatic rings. The van der Waals surface area contributed by atoms with Gasteiger partial charge in [-0.1, -0.05) is 23.7 Å². The minimum atomic E-state index is -0.969. The number of carbonyl (C=O) groups is 1. The van der Waals surface area contributed by atoms with Gasteiger partial charge in [0.25, 0.3) is 4.84 Å². The summed E-state index contributed by atoms with van der Waals surface area (Å²) in [7, 11) is 0. The van der Waals surface area contributed by atoms with Crippen molar-refractivity contribution in [3.8, 4) is 11.3 Å². The minimum absolute atomic E-state index is 0.156. The molecule has 18 heavy (non-hydrogen) atoms. The summed E-state index contributed by atoms with van der Waals surface area (Å²) in [6, 6.07) is 6.99. The van der Waals surface area contributed by atoms with E-state index in [4.69, 9.17) is 33.3 Å². The van der Waals surface area contributed by atoms with Crippen LogP contribution >= 0.6 is 23.8 Å². The van der Waals surface area contributed by atoms with Gasteiger partial charge in [0.1, 0.15) is 11.7 Å². The molecule has 2 N–H and O–H groups in total. The van der Waals surface area contributed by atoms with Crippen LogP contribution in [0.25, 0.3) is 11.3 Å². The SMILES string of the molecule is CC(C(=O)O)c1oc(=S)[nH]c1-c1ccc(Cl)cc1. The van der Waals surface area contributed by atoms with Crippen molar-refractivity contribution < 1.29 is 14.3 Å². The number of oxazole rings is 1. The molecule has 0 fully saturated rings. The van der Waals surface area contributed by atoms with Crippen molar-refractivity contribution in [1.82, 2.24) is 4.98 Å². The van der Waals surface area contributed by atoms with E-state index in [1.54, 1.807) is 31.2 Å². The summed E-state index contributed by atoms with van der Waals surface area (Å²) in [5.74, 6) is -1.43. The van der Waals surface area contributed by atoms with Crippen molar-refractivity contribution in [2.75, 3.05) is 0 Å². The maximum Gasteiger partial charge on any atom is 0.314 e. The van der Waals surface area contributed by atoms with Crippen LogP contribution < -0.4 is 0 Å². The van der Waals surface area contributed by atoms with Crippen LogP contribution in [0.1, 0.15) is 18.6 Å². The van der Waals surface area contributed by atoms with Gasteiger partial charge in [-0.3, -0.25) is 4.79 Å². The molecular weight excluding hydrogens is 274 g/mol. The molecule has 0 radical (unpaired) electrons. The van der Waals surface area contributed by atoms with Crippen molar-refractivity contribution in [1.29, 1.82) is 0 Å². The first-order valence-corrected chi connectivity index (χ1v) is 5.99. The number of rotatable bonds is 3. The molecule has 6 heteroatoms. The third-order valence-electron chi connectivity index (χ3n) is 2.57. The lowest BCUT2D eigenvalue weighted by Crippen LogP contribution is -2.07. The standard InChI is InChI=1S/C12H10ClNO3S/c1-6(11(15)16)10-9(14-12(18)17-10)7-2-4-8(13)5-3-7/h2-6H,1H3,(H,14,18)(H,15,16). The number of halogens is 1. The summed E-state index contributed by atoms with van der Waals surface area (Å²) < 4.78 is 5.27. The average Bonchev–Trinajstić information content (AvgIpc) is 2.71. The molecule has 1 atom stereocenters. The van der Waals surface area contributed by atoms with Crippen LogP contribution in [0.3, 0.4) is 0 Å². The van der Waals surface area contributed by atoms with Crippen molar-refractivity contribution >= 4 is 29.8 Å². The Kier molecular flexibility index (Phi) is 3.54. The second kappa shape index (κ2) is 4.96. The molecule has 0 aliphatic carbocycles. The van der Waals surface area contributed by atoms with E-state index < -0.39 is 11.9 Å². The van der Waals surface area contributed by atoms with Crippen LogP contribution in [-0.4, -0.2) is 16.1 Å². The number of hydrogen-bond acceptors (Lipinski definition) is 3. The quantitative estimate of drug-likeness (QED) is 0.840. The van der Waals surface area contributed by atoms with Crippen LogP contribution in [0.4, 0.5) is 0 Å². The zero-order valence-corrected chi connectivity index (χ0v) is 11.0. The van der Waals surface area contributed by atoms with Crippen molar-refractivity contribution in [3.63, 3.8) is 0 Å².